The van der Waals surface area contributed by atoms with Gasteiger partial charge in [0, 0.05) is 0 Å². The molecule has 0 radical (unpaired) electrons. The van der Waals surface area contributed by atoms with Crippen LogP contribution in [0.1, 0.15) is 25.5 Å². The minimum atomic E-state index is -0.513. The molecule has 0 saturated heterocycles. The summed E-state index contributed by atoms with van der Waals surface area (Å²) in [5, 5.41) is 9.18. The molecule has 0 bridgehead atoms. The second-order valence-corrected chi connectivity index (χ2v) is 4.75. The number of rotatable bonds is 3. The summed E-state index contributed by atoms with van der Waals surface area (Å²) in [5.41, 5.74) is 0.444. The van der Waals surface area contributed by atoms with Gasteiger partial charge < -0.3 is 4.90 Å². The molecule has 86 valence electrons. The van der Waals surface area contributed by atoms with Crippen molar-refractivity contribution in [1.29, 1.82) is 5.26 Å². The molecule has 0 aliphatic rings. The topological polar surface area (TPSA) is 27.0 Å². The van der Waals surface area contributed by atoms with Crippen molar-refractivity contribution in [3.63, 3.8) is 0 Å². The lowest BCUT2D eigenvalue weighted by molar-refractivity contribution is 0.185. The van der Waals surface area contributed by atoms with Crippen LogP contribution in [0, 0.1) is 22.6 Å². The minimum Gasteiger partial charge on any atom is -0.301 e. The van der Waals surface area contributed by atoms with Crippen LogP contribution in [0.25, 0.3) is 0 Å². The van der Waals surface area contributed by atoms with E-state index in [0.717, 1.165) is 5.56 Å². The quantitative estimate of drug-likeness (QED) is 0.783. The summed E-state index contributed by atoms with van der Waals surface area (Å²) >= 11 is 0. The predicted octanol–water partition coefficient (Wildman–Crippen LogP) is 2.98. The smallest absolute Gasteiger partial charge is 0.123 e. The second kappa shape index (κ2) is 4.63. The van der Waals surface area contributed by atoms with Crippen molar-refractivity contribution in [2.24, 2.45) is 5.41 Å². The number of benzene rings is 1. The molecule has 0 spiro atoms. The van der Waals surface area contributed by atoms with E-state index in [2.05, 4.69) is 6.07 Å². The standard InChI is InChI=1S/C13H17FN2/c1-13(2,9-15)12(16(3)4)10-5-7-11(14)8-6-10/h5-8,12H,1-4H3. The number of nitrogens with zero attached hydrogens (tertiary/aromatic N) is 2. The van der Waals surface area contributed by atoms with Gasteiger partial charge in [0.2, 0.25) is 0 Å². The Hall–Kier alpha value is -1.40. The van der Waals surface area contributed by atoms with Gasteiger partial charge in [-0.1, -0.05) is 12.1 Å². The van der Waals surface area contributed by atoms with Crippen molar-refractivity contribution < 1.29 is 4.39 Å². The molecule has 16 heavy (non-hydrogen) atoms. The summed E-state index contributed by atoms with van der Waals surface area (Å²) in [5.74, 6) is -0.254. The average Bonchev–Trinajstić information content (AvgIpc) is 2.20. The van der Waals surface area contributed by atoms with Crippen LogP contribution < -0.4 is 0 Å². The summed E-state index contributed by atoms with van der Waals surface area (Å²) in [4.78, 5) is 1.98. The Labute approximate surface area is 96.3 Å². The van der Waals surface area contributed by atoms with Crippen LogP contribution in [0.3, 0.4) is 0 Å². The highest BCUT2D eigenvalue weighted by Crippen LogP contribution is 2.36. The van der Waals surface area contributed by atoms with E-state index in [1.165, 1.54) is 12.1 Å². The molecule has 0 heterocycles. The largest absolute Gasteiger partial charge is 0.301 e. The van der Waals surface area contributed by atoms with E-state index in [1.54, 1.807) is 12.1 Å². The summed E-state index contributed by atoms with van der Waals surface area (Å²) in [6, 6.07) is 8.59. The van der Waals surface area contributed by atoms with Gasteiger partial charge in [-0.05, 0) is 45.6 Å². The Kier molecular flexibility index (Phi) is 3.66. The molecular formula is C13H17FN2. The Morgan fingerprint density at radius 1 is 1.25 bits per heavy atom. The highest BCUT2D eigenvalue weighted by molar-refractivity contribution is 5.24. The molecule has 0 aromatic heterocycles. The molecule has 1 aromatic rings. The van der Waals surface area contributed by atoms with Gasteiger partial charge in [-0.15, -0.1) is 0 Å². The maximum atomic E-state index is 12.9. The van der Waals surface area contributed by atoms with Crippen LogP contribution in [0.15, 0.2) is 24.3 Å². The van der Waals surface area contributed by atoms with Gasteiger partial charge in [0.1, 0.15) is 5.82 Å². The van der Waals surface area contributed by atoms with Crippen LogP contribution in [-0.4, -0.2) is 19.0 Å². The van der Waals surface area contributed by atoms with Gasteiger partial charge in [0.25, 0.3) is 0 Å². The molecular weight excluding hydrogens is 203 g/mol. The van der Waals surface area contributed by atoms with E-state index in [1.807, 2.05) is 32.8 Å². The molecule has 1 unspecified atom stereocenters. The molecule has 1 aromatic carbocycles. The van der Waals surface area contributed by atoms with E-state index in [-0.39, 0.29) is 11.9 Å². The molecule has 0 amide bonds. The Morgan fingerprint density at radius 2 is 1.75 bits per heavy atom. The lowest BCUT2D eigenvalue weighted by atomic mass is 9.81. The highest BCUT2D eigenvalue weighted by atomic mass is 19.1. The van der Waals surface area contributed by atoms with Gasteiger partial charge in [-0.25, -0.2) is 4.39 Å². The first-order valence-corrected chi connectivity index (χ1v) is 5.21. The molecule has 0 N–H and O–H groups in total. The van der Waals surface area contributed by atoms with Gasteiger partial charge in [-0.3, -0.25) is 0 Å². The van der Waals surface area contributed by atoms with Crippen LogP contribution in [0.2, 0.25) is 0 Å². The minimum absolute atomic E-state index is 0.0434. The molecule has 0 saturated carbocycles. The van der Waals surface area contributed by atoms with Gasteiger partial charge >= 0.3 is 0 Å². The fourth-order valence-electron chi connectivity index (χ4n) is 2.07. The average molecular weight is 220 g/mol. The van der Waals surface area contributed by atoms with E-state index < -0.39 is 5.41 Å². The van der Waals surface area contributed by atoms with E-state index in [4.69, 9.17) is 0 Å². The Morgan fingerprint density at radius 3 is 2.12 bits per heavy atom. The van der Waals surface area contributed by atoms with Crippen molar-refractivity contribution in [3.05, 3.63) is 35.6 Å². The van der Waals surface area contributed by atoms with Crippen molar-refractivity contribution in [2.45, 2.75) is 19.9 Å². The van der Waals surface area contributed by atoms with Crippen LogP contribution in [0.4, 0.5) is 4.39 Å². The van der Waals surface area contributed by atoms with Gasteiger partial charge in [0.05, 0.1) is 17.5 Å². The summed E-state index contributed by atoms with van der Waals surface area (Å²) in [6.07, 6.45) is 0. The first-order chi connectivity index (χ1) is 7.38. The van der Waals surface area contributed by atoms with Crippen LogP contribution in [-0.2, 0) is 0 Å². The zero-order valence-electron chi connectivity index (χ0n) is 10.2. The molecule has 0 aliphatic heterocycles. The molecule has 0 fully saturated rings. The predicted molar refractivity (Wildman–Crippen MR) is 62.2 cm³/mol. The fourth-order valence-corrected chi connectivity index (χ4v) is 2.07. The third-order valence-corrected chi connectivity index (χ3v) is 2.67. The molecule has 1 rings (SSSR count). The lowest BCUT2D eigenvalue weighted by Gasteiger charge is -2.34. The number of nitriles is 1. The van der Waals surface area contributed by atoms with Crippen molar-refractivity contribution in [1.82, 2.24) is 4.90 Å². The SMILES string of the molecule is CN(C)C(c1ccc(F)cc1)C(C)(C)C#N. The zero-order chi connectivity index (χ0) is 12.3. The van der Waals surface area contributed by atoms with E-state index in [9.17, 15) is 9.65 Å². The number of hydrogen-bond acceptors (Lipinski definition) is 2. The summed E-state index contributed by atoms with van der Waals surface area (Å²) < 4.78 is 12.9. The van der Waals surface area contributed by atoms with E-state index >= 15 is 0 Å². The molecule has 3 heteroatoms. The molecule has 1 atom stereocenters. The first-order valence-electron chi connectivity index (χ1n) is 5.21. The van der Waals surface area contributed by atoms with Gasteiger partial charge in [-0.2, -0.15) is 5.26 Å². The lowest BCUT2D eigenvalue weighted by Crippen LogP contribution is -2.32. The fraction of sp³-hybridized carbons (Fsp3) is 0.462. The summed E-state index contributed by atoms with van der Waals surface area (Å²) in [6.45, 7) is 3.78. The highest BCUT2D eigenvalue weighted by Gasteiger charge is 2.32. The Balaban J connectivity index is 3.14. The second-order valence-electron chi connectivity index (χ2n) is 4.75. The summed E-state index contributed by atoms with van der Waals surface area (Å²) in [7, 11) is 3.85. The van der Waals surface area contributed by atoms with Crippen molar-refractivity contribution in [3.8, 4) is 6.07 Å². The first kappa shape index (κ1) is 12.7. The number of hydrogen-bond donors (Lipinski definition) is 0. The zero-order valence-corrected chi connectivity index (χ0v) is 10.2. The van der Waals surface area contributed by atoms with E-state index in [0.29, 0.717) is 0 Å². The van der Waals surface area contributed by atoms with Gasteiger partial charge in [0.15, 0.2) is 0 Å². The van der Waals surface area contributed by atoms with Crippen molar-refractivity contribution >= 4 is 0 Å². The van der Waals surface area contributed by atoms with Crippen molar-refractivity contribution in [2.75, 3.05) is 14.1 Å². The number of halogens is 1. The monoisotopic (exact) mass is 220 g/mol. The molecule has 2 nitrogen and oxygen atoms in total. The van der Waals surface area contributed by atoms with Crippen LogP contribution >= 0.6 is 0 Å². The maximum Gasteiger partial charge on any atom is 0.123 e. The third-order valence-electron chi connectivity index (χ3n) is 2.67. The molecule has 0 aliphatic carbocycles. The van der Waals surface area contributed by atoms with Crippen LogP contribution in [0.5, 0.6) is 0 Å². The maximum absolute atomic E-state index is 12.9. The Bertz CT molecular complexity index is 387. The third kappa shape index (κ3) is 2.59. The normalized spacial score (nSPS) is 13.6.